The van der Waals surface area contributed by atoms with E-state index in [2.05, 4.69) is 21.2 Å². The van der Waals surface area contributed by atoms with Crippen LogP contribution in [0.25, 0.3) is 0 Å². The van der Waals surface area contributed by atoms with Gasteiger partial charge in [-0.05, 0) is 60.5 Å². The van der Waals surface area contributed by atoms with Gasteiger partial charge in [0.2, 0.25) is 0 Å². The Morgan fingerprint density at radius 2 is 1.51 bits per heavy atom. The molecule has 0 unspecified atom stereocenters. The molecular formula is C27H28N4O6. The zero-order chi connectivity index (χ0) is 26.6. The Bertz CT molecular complexity index is 1260. The van der Waals surface area contributed by atoms with Gasteiger partial charge < -0.3 is 24.8 Å². The highest BCUT2D eigenvalue weighted by Gasteiger charge is 2.14. The first-order valence-corrected chi connectivity index (χ1v) is 11.4. The summed E-state index contributed by atoms with van der Waals surface area (Å²) in [5.74, 6) is -0.925. The third kappa shape index (κ3) is 7.82. The zero-order valence-electron chi connectivity index (χ0n) is 20.7. The molecule has 3 aromatic rings. The fourth-order valence-electron chi connectivity index (χ4n) is 3.18. The Kier molecular flexibility index (Phi) is 9.60. The van der Waals surface area contributed by atoms with Gasteiger partial charge in [0.25, 0.3) is 5.91 Å². The summed E-state index contributed by atoms with van der Waals surface area (Å²) in [6.07, 6.45) is 2.16. The SMILES string of the molecule is CCc1ccc(NC(=O)C(=O)N/N=C\c2cccc(OC)c2OCC(=O)Nc2ccc(OC)cc2)cc1. The van der Waals surface area contributed by atoms with Crippen molar-refractivity contribution in [2.24, 2.45) is 5.10 Å². The molecule has 3 rings (SSSR count). The van der Waals surface area contributed by atoms with Gasteiger partial charge in [0.05, 0.1) is 20.4 Å². The number of carbonyl (C=O) groups excluding carboxylic acids is 3. The predicted octanol–water partition coefficient (Wildman–Crippen LogP) is 3.37. The van der Waals surface area contributed by atoms with E-state index in [9.17, 15) is 14.4 Å². The quantitative estimate of drug-likeness (QED) is 0.221. The second-order valence-electron chi connectivity index (χ2n) is 7.65. The summed E-state index contributed by atoms with van der Waals surface area (Å²) in [7, 11) is 3.02. The van der Waals surface area contributed by atoms with Gasteiger partial charge in [0.15, 0.2) is 18.1 Å². The highest BCUT2D eigenvalue weighted by atomic mass is 16.5. The standard InChI is InChI=1S/C27H28N4O6/c1-4-18-8-10-21(11-9-18)30-26(33)27(34)31-28-16-19-6-5-7-23(36-3)25(19)37-17-24(32)29-20-12-14-22(35-2)15-13-20/h5-16H,4,17H2,1-3H3,(H,29,32)(H,30,33)(H,31,34)/b28-16-. The van der Waals surface area contributed by atoms with Gasteiger partial charge >= 0.3 is 11.8 Å². The van der Waals surface area contributed by atoms with Gasteiger partial charge in [0, 0.05) is 16.9 Å². The van der Waals surface area contributed by atoms with Crippen LogP contribution in [0.2, 0.25) is 0 Å². The number of hydrazone groups is 1. The summed E-state index contributed by atoms with van der Waals surface area (Å²) in [6, 6.07) is 19.0. The van der Waals surface area contributed by atoms with Crippen molar-refractivity contribution in [1.82, 2.24) is 5.43 Å². The first kappa shape index (κ1) is 26.7. The number of para-hydroxylation sites is 1. The molecule has 37 heavy (non-hydrogen) atoms. The second kappa shape index (κ2) is 13.3. The normalized spacial score (nSPS) is 10.5. The minimum atomic E-state index is -0.944. The number of rotatable bonds is 10. The number of nitrogens with zero attached hydrogens (tertiary/aromatic N) is 1. The van der Waals surface area contributed by atoms with Gasteiger partial charge in [0.1, 0.15) is 5.75 Å². The first-order valence-electron chi connectivity index (χ1n) is 11.4. The molecule has 0 aliphatic rings. The number of benzene rings is 3. The molecule has 0 aliphatic carbocycles. The summed E-state index contributed by atoms with van der Waals surface area (Å²) < 4.78 is 16.1. The Hall–Kier alpha value is -4.86. The lowest BCUT2D eigenvalue weighted by Crippen LogP contribution is -2.32. The van der Waals surface area contributed by atoms with Crippen molar-refractivity contribution in [2.75, 3.05) is 31.5 Å². The van der Waals surface area contributed by atoms with Crippen LogP contribution in [0.1, 0.15) is 18.1 Å². The number of aryl methyl sites for hydroxylation is 1. The summed E-state index contributed by atoms with van der Waals surface area (Å²) in [6.45, 7) is 1.72. The highest BCUT2D eigenvalue weighted by molar-refractivity contribution is 6.39. The molecule has 0 radical (unpaired) electrons. The van der Waals surface area contributed by atoms with Gasteiger partial charge in [-0.2, -0.15) is 5.10 Å². The van der Waals surface area contributed by atoms with E-state index < -0.39 is 17.7 Å². The second-order valence-corrected chi connectivity index (χ2v) is 7.65. The van der Waals surface area contributed by atoms with Crippen molar-refractivity contribution in [2.45, 2.75) is 13.3 Å². The van der Waals surface area contributed by atoms with Crippen LogP contribution in [0.15, 0.2) is 71.8 Å². The summed E-state index contributed by atoms with van der Waals surface area (Å²) >= 11 is 0. The Labute approximate surface area is 214 Å². The molecule has 0 fully saturated rings. The molecule has 3 N–H and O–H groups in total. The van der Waals surface area contributed by atoms with Crippen LogP contribution in [-0.2, 0) is 20.8 Å². The molecule has 0 atom stereocenters. The van der Waals surface area contributed by atoms with E-state index in [1.807, 2.05) is 19.1 Å². The zero-order valence-corrected chi connectivity index (χ0v) is 20.7. The molecule has 0 saturated heterocycles. The van der Waals surface area contributed by atoms with Crippen molar-refractivity contribution in [3.05, 3.63) is 77.9 Å². The molecule has 0 heterocycles. The van der Waals surface area contributed by atoms with E-state index in [1.165, 1.54) is 13.3 Å². The van der Waals surface area contributed by atoms with Gasteiger partial charge in [-0.25, -0.2) is 5.43 Å². The number of hydrogen-bond acceptors (Lipinski definition) is 7. The average Bonchev–Trinajstić information content (AvgIpc) is 2.92. The largest absolute Gasteiger partial charge is 0.497 e. The topological polar surface area (TPSA) is 127 Å². The minimum absolute atomic E-state index is 0.244. The summed E-state index contributed by atoms with van der Waals surface area (Å²) in [5.41, 5.74) is 4.79. The number of amides is 3. The molecule has 3 aromatic carbocycles. The lowest BCUT2D eigenvalue weighted by atomic mass is 10.1. The van der Waals surface area contributed by atoms with Crippen LogP contribution in [0, 0.1) is 0 Å². The summed E-state index contributed by atoms with van der Waals surface area (Å²) in [4.78, 5) is 36.7. The third-order valence-corrected chi connectivity index (χ3v) is 5.15. The number of methoxy groups -OCH3 is 2. The predicted molar refractivity (Wildman–Crippen MR) is 140 cm³/mol. The van der Waals surface area contributed by atoms with Gasteiger partial charge in [-0.3, -0.25) is 14.4 Å². The van der Waals surface area contributed by atoms with E-state index in [0.29, 0.717) is 28.4 Å². The molecule has 10 nitrogen and oxygen atoms in total. The average molecular weight is 505 g/mol. The Balaban J connectivity index is 1.59. The number of nitrogens with one attached hydrogen (secondary N) is 3. The molecule has 0 aliphatic heterocycles. The van der Waals surface area contributed by atoms with Crippen LogP contribution in [0.4, 0.5) is 11.4 Å². The number of anilines is 2. The van der Waals surface area contributed by atoms with Crippen LogP contribution in [0.5, 0.6) is 17.2 Å². The number of carbonyl (C=O) groups is 3. The van der Waals surface area contributed by atoms with Crippen molar-refractivity contribution < 1.29 is 28.6 Å². The van der Waals surface area contributed by atoms with E-state index >= 15 is 0 Å². The van der Waals surface area contributed by atoms with Crippen LogP contribution < -0.4 is 30.3 Å². The lowest BCUT2D eigenvalue weighted by molar-refractivity contribution is -0.136. The maximum Gasteiger partial charge on any atom is 0.329 e. The van der Waals surface area contributed by atoms with E-state index in [4.69, 9.17) is 14.2 Å². The van der Waals surface area contributed by atoms with Crippen LogP contribution in [0.3, 0.4) is 0 Å². The molecule has 3 amide bonds. The van der Waals surface area contributed by atoms with Crippen LogP contribution >= 0.6 is 0 Å². The van der Waals surface area contributed by atoms with E-state index in [-0.39, 0.29) is 12.4 Å². The highest BCUT2D eigenvalue weighted by Crippen LogP contribution is 2.30. The monoisotopic (exact) mass is 504 g/mol. The minimum Gasteiger partial charge on any atom is -0.497 e. The fourth-order valence-corrected chi connectivity index (χ4v) is 3.18. The smallest absolute Gasteiger partial charge is 0.329 e. The molecule has 0 spiro atoms. The van der Waals surface area contributed by atoms with Crippen molar-refractivity contribution in [3.63, 3.8) is 0 Å². The Morgan fingerprint density at radius 1 is 0.838 bits per heavy atom. The van der Waals surface area contributed by atoms with Crippen molar-refractivity contribution >= 4 is 35.3 Å². The van der Waals surface area contributed by atoms with E-state index in [0.717, 1.165) is 12.0 Å². The molecule has 0 bridgehead atoms. The fraction of sp³-hybridized carbons (Fsp3) is 0.185. The maximum absolute atomic E-state index is 12.4. The molecule has 0 aromatic heterocycles. The third-order valence-electron chi connectivity index (χ3n) is 5.15. The van der Waals surface area contributed by atoms with Crippen molar-refractivity contribution in [1.29, 1.82) is 0 Å². The van der Waals surface area contributed by atoms with Gasteiger partial charge in [-0.15, -0.1) is 0 Å². The van der Waals surface area contributed by atoms with Crippen molar-refractivity contribution in [3.8, 4) is 17.2 Å². The molecule has 192 valence electrons. The maximum atomic E-state index is 12.4. The van der Waals surface area contributed by atoms with E-state index in [1.54, 1.807) is 61.7 Å². The number of ether oxygens (including phenoxy) is 3. The van der Waals surface area contributed by atoms with Gasteiger partial charge in [-0.1, -0.05) is 25.1 Å². The first-order chi connectivity index (χ1) is 17.9. The molecular weight excluding hydrogens is 476 g/mol. The molecule has 0 saturated carbocycles. The summed E-state index contributed by atoms with van der Waals surface area (Å²) in [5, 5.41) is 9.08. The Morgan fingerprint density at radius 3 is 2.16 bits per heavy atom. The molecule has 10 heteroatoms. The number of hydrogen-bond donors (Lipinski definition) is 3. The lowest BCUT2D eigenvalue weighted by Gasteiger charge is -2.13. The van der Waals surface area contributed by atoms with Crippen LogP contribution in [-0.4, -0.2) is 44.8 Å².